The van der Waals surface area contributed by atoms with E-state index in [0.29, 0.717) is 6.42 Å². The number of hydrogen-bond acceptors (Lipinski definition) is 5. The lowest BCUT2D eigenvalue weighted by atomic mass is 10.3. The Balaban J connectivity index is 2.89. The molecule has 0 radical (unpaired) electrons. The molecule has 1 amide bonds. The largest absolute Gasteiger partial charge is 0.495 e. The van der Waals surface area contributed by atoms with E-state index in [1.165, 1.54) is 20.2 Å². The minimum atomic E-state index is -4.07. The van der Waals surface area contributed by atoms with E-state index in [2.05, 4.69) is 5.32 Å². The molecule has 0 bridgehead atoms. The Labute approximate surface area is 128 Å². The lowest BCUT2D eigenvalue weighted by Gasteiger charge is -2.18. The molecule has 124 valence electrons. The van der Waals surface area contributed by atoms with Gasteiger partial charge >= 0.3 is 0 Å². The molecule has 0 unspecified atom stereocenters. The van der Waals surface area contributed by atoms with E-state index >= 15 is 0 Å². The number of methoxy groups -OCH3 is 1. The first-order valence-electron chi connectivity index (χ1n) is 6.50. The number of rotatable bonds is 8. The molecule has 0 aliphatic heterocycles. The van der Waals surface area contributed by atoms with Crippen molar-refractivity contribution in [2.75, 3.05) is 33.9 Å². The van der Waals surface area contributed by atoms with E-state index in [-0.39, 0.29) is 23.8 Å². The third kappa shape index (κ3) is 4.65. The van der Waals surface area contributed by atoms with Crippen molar-refractivity contribution in [2.24, 2.45) is 0 Å². The van der Waals surface area contributed by atoms with Crippen LogP contribution in [0.1, 0.15) is 6.42 Å². The Morgan fingerprint density at radius 1 is 1.45 bits per heavy atom. The van der Waals surface area contributed by atoms with Crippen molar-refractivity contribution < 1.29 is 27.4 Å². The fourth-order valence-electron chi connectivity index (χ4n) is 1.67. The number of benzene rings is 1. The molecule has 22 heavy (non-hydrogen) atoms. The SMILES string of the molecule is COc1ccc(F)cc1S(=O)(=O)N(C)CC(=O)NCCCO. The topological polar surface area (TPSA) is 95.9 Å². The molecule has 0 aromatic heterocycles. The minimum absolute atomic E-state index is 0.00561. The van der Waals surface area contributed by atoms with Crippen molar-refractivity contribution >= 4 is 15.9 Å². The lowest BCUT2D eigenvalue weighted by molar-refractivity contribution is -0.121. The Morgan fingerprint density at radius 2 is 2.14 bits per heavy atom. The second-order valence-electron chi connectivity index (χ2n) is 4.48. The second kappa shape index (κ2) is 8.06. The maximum Gasteiger partial charge on any atom is 0.247 e. The number of amides is 1. The smallest absolute Gasteiger partial charge is 0.247 e. The van der Waals surface area contributed by atoms with Crippen molar-refractivity contribution in [3.05, 3.63) is 24.0 Å². The number of hydrogen-bond donors (Lipinski definition) is 2. The monoisotopic (exact) mass is 334 g/mol. The number of aliphatic hydroxyl groups excluding tert-OH is 1. The van der Waals surface area contributed by atoms with E-state index in [1.807, 2.05) is 0 Å². The third-order valence-corrected chi connectivity index (χ3v) is 4.66. The summed E-state index contributed by atoms with van der Waals surface area (Å²) in [5.41, 5.74) is 0. The molecule has 9 heteroatoms. The molecule has 0 saturated heterocycles. The van der Waals surface area contributed by atoms with Crippen LogP contribution in [-0.2, 0) is 14.8 Å². The van der Waals surface area contributed by atoms with Gasteiger partial charge in [-0.15, -0.1) is 0 Å². The van der Waals surface area contributed by atoms with Crippen LogP contribution >= 0.6 is 0 Å². The van der Waals surface area contributed by atoms with E-state index in [0.717, 1.165) is 16.4 Å². The predicted molar refractivity (Wildman–Crippen MR) is 77.5 cm³/mol. The third-order valence-electron chi connectivity index (χ3n) is 2.84. The molecule has 7 nitrogen and oxygen atoms in total. The van der Waals surface area contributed by atoms with Crippen LogP contribution in [-0.4, -0.2) is 57.6 Å². The maximum absolute atomic E-state index is 13.3. The van der Waals surface area contributed by atoms with Gasteiger partial charge in [0, 0.05) is 20.2 Å². The maximum atomic E-state index is 13.3. The normalized spacial score (nSPS) is 11.5. The number of aliphatic hydroxyl groups is 1. The van der Waals surface area contributed by atoms with E-state index in [4.69, 9.17) is 9.84 Å². The standard InChI is InChI=1S/C13H19FN2O5S/c1-16(9-13(18)15-6-3-7-17)22(19,20)12-8-10(14)4-5-11(12)21-2/h4-5,8,17H,3,6-7,9H2,1-2H3,(H,15,18). The van der Waals surface area contributed by atoms with Crippen LogP contribution < -0.4 is 10.1 Å². The Kier molecular flexibility index (Phi) is 6.72. The summed E-state index contributed by atoms with van der Waals surface area (Å²) in [6.07, 6.45) is 0.375. The fraction of sp³-hybridized carbons (Fsp3) is 0.462. The molecule has 0 aliphatic carbocycles. The van der Waals surface area contributed by atoms with Crippen molar-refractivity contribution in [1.82, 2.24) is 9.62 Å². The van der Waals surface area contributed by atoms with Crippen molar-refractivity contribution in [2.45, 2.75) is 11.3 Å². The summed E-state index contributed by atoms with van der Waals surface area (Å²) in [5.74, 6) is -1.25. The number of likely N-dealkylation sites (N-methyl/N-ethyl adjacent to an activating group) is 1. The zero-order valence-electron chi connectivity index (χ0n) is 12.4. The Hall–Kier alpha value is -1.71. The first-order chi connectivity index (χ1) is 10.3. The van der Waals surface area contributed by atoms with Gasteiger partial charge in [0.15, 0.2) is 0 Å². The van der Waals surface area contributed by atoms with Crippen LogP contribution in [0, 0.1) is 5.82 Å². The van der Waals surface area contributed by atoms with E-state index in [1.54, 1.807) is 0 Å². The van der Waals surface area contributed by atoms with Crippen LogP contribution in [0.4, 0.5) is 4.39 Å². The molecular formula is C13H19FN2O5S. The van der Waals surface area contributed by atoms with Gasteiger partial charge in [0.25, 0.3) is 0 Å². The highest BCUT2D eigenvalue weighted by molar-refractivity contribution is 7.89. The van der Waals surface area contributed by atoms with Crippen LogP contribution in [0.15, 0.2) is 23.1 Å². The van der Waals surface area contributed by atoms with Crippen LogP contribution in [0.5, 0.6) is 5.75 Å². The van der Waals surface area contributed by atoms with Gasteiger partial charge in [-0.05, 0) is 24.6 Å². The van der Waals surface area contributed by atoms with E-state index in [9.17, 15) is 17.6 Å². The first-order valence-corrected chi connectivity index (χ1v) is 7.94. The molecule has 1 aromatic rings. The summed E-state index contributed by atoms with van der Waals surface area (Å²) in [6.45, 7) is -0.255. The van der Waals surface area contributed by atoms with Crippen molar-refractivity contribution in [1.29, 1.82) is 0 Å². The number of carbonyl (C=O) groups is 1. The molecule has 1 aromatic carbocycles. The number of ether oxygens (including phenoxy) is 1. The molecule has 1 rings (SSSR count). The highest BCUT2D eigenvalue weighted by atomic mass is 32.2. The highest BCUT2D eigenvalue weighted by Gasteiger charge is 2.26. The van der Waals surface area contributed by atoms with Gasteiger partial charge in [0.05, 0.1) is 13.7 Å². The highest BCUT2D eigenvalue weighted by Crippen LogP contribution is 2.26. The van der Waals surface area contributed by atoms with Crippen molar-refractivity contribution in [3.63, 3.8) is 0 Å². The Morgan fingerprint density at radius 3 is 2.73 bits per heavy atom. The molecule has 0 heterocycles. The summed E-state index contributed by atoms with van der Waals surface area (Å²) in [5, 5.41) is 11.1. The van der Waals surface area contributed by atoms with Gasteiger partial charge in [0.2, 0.25) is 15.9 Å². The van der Waals surface area contributed by atoms with Crippen molar-refractivity contribution in [3.8, 4) is 5.75 Å². The lowest BCUT2D eigenvalue weighted by Crippen LogP contribution is -2.38. The van der Waals surface area contributed by atoms with Gasteiger partial charge in [-0.25, -0.2) is 12.8 Å². The summed E-state index contributed by atoms with van der Waals surface area (Å²) in [6, 6.07) is 3.13. The molecule has 0 spiro atoms. The number of nitrogens with zero attached hydrogens (tertiary/aromatic N) is 1. The minimum Gasteiger partial charge on any atom is -0.495 e. The molecule has 0 aliphatic rings. The van der Waals surface area contributed by atoms with Gasteiger partial charge < -0.3 is 15.2 Å². The molecule has 0 fully saturated rings. The zero-order valence-corrected chi connectivity index (χ0v) is 13.2. The van der Waals surface area contributed by atoms with Gasteiger partial charge in [-0.3, -0.25) is 4.79 Å². The predicted octanol–water partition coefficient (Wildman–Crippen LogP) is -0.0466. The van der Waals surface area contributed by atoms with Crippen LogP contribution in [0.25, 0.3) is 0 Å². The number of nitrogens with one attached hydrogen (secondary N) is 1. The Bertz CT molecular complexity index is 621. The fourth-order valence-corrected chi connectivity index (χ4v) is 2.96. The molecular weight excluding hydrogens is 315 g/mol. The van der Waals surface area contributed by atoms with Gasteiger partial charge in [-0.2, -0.15) is 4.31 Å². The number of sulfonamides is 1. The summed E-state index contributed by atoms with van der Waals surface area (Å²) >= 11 is 0. The summed E-state index contributed by atoms with van der Waals surface area (Å²) in [4.78, 5) is 11.3. The second-order valence-corrected chi connectivity index (χ2v) is 6.50. The van der Waals surface area contributed by atoms with Gasteiger partial charge in [0.1, 0.15) is 16.5 Å². The van der Waals surface area contributed by atoms with Crippen LogP contribution in [0.3, 0.4) is 0 Å². The molecule has 2 N–H and O–H groups in total. The average Bonchev–Trinajstić information content (AvgIpc) is 2.47. The molecule has 0 saturated carbocycles. The number of halogens is 1. The zero-order chi connectivity index (χ0) is 16.8. The van der Waals surface area contributed by atoms with Crippen LogP contribution in [0.2, 0.25) is 0 Å². The first kappa shape index (κ1) is 18.3. The van der Waals surface area contributed by atoms with E-state index < -0.39 is 28.3 Å². The van der Waals surface area contributed by atoms with Gasteiger partial charge in [-0.1, -0.05) is 0 Å². The molecule has 0 atom stereocenters. The number of carbonyl (C=O) groups excluding carboxylic acids is 1. The average molecular weight is 334 g/mol. The quantitative estimate of drug-likeness (QED) is 0.650. The summed E-state index contributed by atoms with van der Waals surface area (Å²) in [7, 11) is -1.59. The summed E-state index contributed by atoms with van der Waals surface area (Å²) < 4.78 is 43.8.